The van der Waals surface area contributed by atoms with Crippen molar-refractivity contribution in [2.45, 2.75) is 18.4 Å². The first-order valence-electron chi connectivity index (χ1n) is 4.75. The van der Waals surface area contributed by atoms with Gasteiger partial charge in [0.05, 0.1) is 18.8 Å². The molecular weight excluding hydrogens is 214 g/mol. The zero-order valence-corrected chi connectivity index (χ0v) is 9.41. The van der Waals surface area contributed by atoms with E-state index in [1.165, 1.54) is 5.56 Å². The Balaban J connectivity index is 0.00000196. The number of rotatable bonds is 5. The average Bonchev–Trinajstić information content (AvgIpc) is 2.27. The third-order valence-corrected chi connectivity index (χ3v) is 2.38. The lowest BCUT2D eigenvalue weighted by atomic mass is 9.94. The molecule has 0 amide bonds. The second-order valence-electron chi connectivity index (χ2n) is 3.66. The van der Waals surface area contributed by atoms with Crippen molar-refractivity contribution in [3.8, 4) is 0 Å². The minimum atomic E-state index is -0.851. The molecule has 0 radical (unpaired) electrons. The Morgan fingerprint density at radius 3 is 2.07 bits per heavy atom. The Morgan fingerprint density at radius 1 is 1.07 bits per heavy atom. The van der Waals surface area contributed by atoms with Gasteiger partial charge in [0.15, 0.2) is 0 Å². The van der Waals surface area contributed by atoms with E-state index in [2.05, 4.69) is 0 Å². The summed E-state index contributed by atoms with van der Waals surface area (Å²) in [6.07, 6.45) is 1.36. The maximum atomic E-state index is 8.98. The van der Waals surface area contributed by atoms with Gasteiger partial charge in [0.25, 0.3) is 0 Å². The number of hydrogen-bond acceptors (Lipinski definition) is 3. The monoisotopic (exact) mass is 231 g/mol. The highest BCUT2D eigenvalue weighted by Gasteiger charge is 2.22. The lowest BCUT2D eigenvalue weighted by Gasteiger charge is -2.24. The van der Waals surface area contributed by atoms with E-state index in [0.717, 1.165) is 6.42 Å². The van der Waals surface area contributed by atoms with Gasteiger partial charge in [0, 0.05) is 0 Å². The second kappa shape index (κ2) is 6.80. The Labute approximate surface area is 96.3 Å². The fourth-order valence-corrected chi connectivity index (χ4v) is 1.25. The normalized spacial score (nSPS) is 10.9. The third-order valence-electron chi connectivity index (χ3n) is 2.38. The van der Waals surface area contributed by atoms with E-state index in [1.54, 1.807) is 0 Å². The molecule has 0 heterocycles. The van der Waals surface area contributed by atoms with Crippen molar-refractivity contribution in [3.63, 3.8) is 0 Å². The van der Waals surface area contributed by atoms with Crippen molar-refractivity contribution >= 4 is 12.4 Å². The molecule has 3 nitrogen and oxygen atoms in total. The Hall–Kier alpha value is -0.610. The molecule has 0 aliphatic rings. The summed E-state index contributed by atoms with van der Waals surface area (Å²) < 4.78 is 0. The molecule has 4 heteroatoms. The first-order valence-corrected chi connectivity index (χ1v) is 4.75. The quantitative estimate of drug-likeness (QED) is 0.700. The van der Waals surface area contributed by atoms with E-state index in [0.29, 0.717) is 6.42 Å². The van der Waals surface area contributed by atoms with Crippen molar-refractivity contribution < 1.29 is 10.2 Å². The predicted molar refractivity (Wildman–Crippen MR) is 63.1 cm³/mol. The largest absolute Gasteiger partial charge is 0.394 e. The zero-order valence-electron chi connectivity index (χ0n) is 8.60. The molecule has 1 rings (SSSR count). The minimum absolute atomic E-state index is 0. The van der Waals surface area contributed by atoms with Crippen LogP contribution >= 0.6 is 12.4 Å². The number of aliphatic hydroxyl groups excluding tert-OH is 2. The number of benzene rings is 1. The lowest BCUT2D eigenvalue weighted by molar-refractivity contribution is 0.115. The first kappa shape index (κ1) is 14.4. The van der Waals surface area contributed by atoms with E-state index < -0.39 is 5.54 Å². The van der Waals surface area contributed by atoms with Gasteiger partial charge in [-0.1, -0.05) is 30.3 Å². The van der Waals surface area contributed by atoms with Crippen LogP contribution in [0.4, 0.5) is 0 Å². The van der Waals surface area contributed by atoms with Crippen LogP contribution in [-0.2, 0) is 6.42 Å². The van der Waals surface area contributed by atoms with Gasteiger partial charge in [-0.15, -0.1) is 12.4 Å². The second-order valence-corrected chi connectivity index (χ2v) is 3.66. The first-order chi connectivity index (χ1) is 6.70. The predicted octanol–water partition coefficient (Wildman–Crippen LogP) is 0.723. The topological polar surface area (TPSA) is 66.5 Å². The standard InChI is InChI=1S/C11H17NO2.ClH/c12-11(8-13,9-14)7-6-10-4-2-1-3-5-10;/h1-5,13-14H,6-9,12H2;1H. The van der Waals surface area contributed by atoms with Crippen LogP contribution in [0.5, 0.6) is 0 Å². The van der Waals surface area contributed by atoms with E-state index in [9.17, 15) is 0 Å². The molecular formula is C11H18ClNO2. The van der Waals surface area contributed by atoms with Crippen LogP contribution in [0.2, 0.25) is 0 Å². The third kappa shape index (κ3) is 4.62. The fraction of sp³-hybridized carbons (Fsp3) is 0.455. The number of nitrogens with two attached hydrogens (primary N) is 1. The lowest BCUT2D eigenvalue weighted by Crippen LogP contribution is -2.47. The molecule has 0 spiro atoms. The summed E-state index contributed by atoms with van der Waals surface area (Å²) in [5.74, 6) is 0. The van der Waals surface area contributed by atoms with Crippen LogP contribution < -0.4 is 5.73 Å². The molecule has 0 bridgehead atoms. The van der Waals surface area contributed by atoms with Crippen LogP contribution in [0.3, 0.4) is 0 Å². The molecule has 0 saturated heterocycles. The van der Waals surface area contributed by atoms with Gasteiger partial charge in [-0.3, -0.25) is 0 Å². The maximum Gasteiger partial charge on any atom is 0.0633 e. The smallest absolute Gasteiger partial charge is 0.0633 e. The Bertz CT molecular complexity index is 263. The maximum absolute atomic E-state index is 8.98. The molecule has 1 aromatic carbocycles. The summed E-state index contributed by atoms with van der Waals surface area (Å²) in [6, 6.07) is 9.90. The summed E-state index contributed by atoms with van der Waals surface area (Å²) >= 11 is 0. The van der Waals surface area contributed by atoms with Gasteiger partial charge in [-0.05, 0) is 18.4 Å². The Kier molecular flexibility index (Phi) is 6.52. The van der Waals surface area contributed by atoms with E-state index in [-0.39, 0.29) is 25.6 Å². The van der Waals surface area contributed by atoms with Gasteiger partial charge in [-0.2, -0.15) is 0 Å². The number of aryl methyl sites for hydroxylation is 1. The van der Waals surface area contributed by atoms with Gasteiger partial charge in [0.1, 0.15) is 0 Å². The number of aliphatic hydroxyl groups is 2. The molecule has 1 aromatic rings. The van der Waals surface area contributed by atoms with Crippen molar-refractivity contribution in [1.82, 2.24) is 0 Å². The minimum Gasteiger partial charge on any atom is -0.394 e. The van der Waals surface area contributed by atoms with Crippen molar-refractivity contribution in [2.75, 3.05) is 13.2 Å². The van der Waals surface area contributed by atoms with Gasteiger partial charge in [-0.25, -0.2) is 0 Å². The zero-order chi connectivity index (χ0) is 10.4. The van der Waals surface area contributed by atoms with E-state index in [4.69, 9.17) is 15.9 Å². The molecule has 86 valence electrons. The highest BCUT2D eigenvalue weighted by Crippen LogP contribution is 2.10. The van der Waals surface area contributed by atoms with Crippen LogP contribution in [0, 0.1) is 0 Å². The van der Waals surface area contributed by atoms with Crippen molar-refractivity contribution in [3.05, 3.63) is 35.9 Å². The molecule has 0 unspecified atom stereocenters. The molecule has 0 atom stereocenters. The summed E-state index contributed by atoms with van der Waals surface area (Å²) in [6.45, 7) is -0.368. The van der Waals surface area contributed by atoms with Crippen LogP contribution in [-0.4, -0.2) is 29.0 Å². The van der Waals surface area contributed by atoms with Crippen LogP contribution in [0.25, 0.3) is 0 Å². The summed E-state index contributed by atoms with van der Waals surface area (Å²) in [5, 5.41) is 18.0. The van der Waals surface area contributed by atoms with Crippen LogP contribution in [0.1, 0.15) is 12.0 Å². The average molecular weight is 232 g/mol. The molecule has 0 aliphatic heterocycles. The number of hydrogen-bond donors (Lipinski definition) is 3. The molecule has 0 fully saturated rings. The van der Waals surface area contributed by atoms with Crippen molar-refractivity contribution in [1.29, 1.82) is 0 Å². The molecule has 15 heavy (non-hydrogen) atoms. The van der Waals surface area contributed by atoms with Gasteiger partial charge >= 0.3 is 0 Å². The summed E-state index contributed by atoms with van der Waals surface area (Å²) in [5.41, 5.74) is 6.06. The summed E-state index contributed by atoms with van der Waals surface area (Å²) in [4.78, 5) is 0. The number of halogens is 1. The van der Waals surface area contributed by atoms with Crippen LogP contribution in [0.15, 0.2) is 30.3 Å². The molecule has 4 N–H and O–H groups in total. The molecule has 0 saturated carbocycles. The molecule has 0 aromatic heterocycles. The Morgan fingerprint density at radius 2 is 1.60 bits per heavy atom. The van der Waals surface area contributed by atoms with Crippen molar-refractivity contribution in [2.24, 2.45) is 5.73 Å². The highest BCUT2D eigenvalue weighted by atomic mass is 35.5. The van der Waals surface area contributed by atoms with E-state index >= 15 is 0 Å². The van der Waals surface area contributed by atoms with Gasteiger partial charge in [0.2, 0.25) is 0 Å². The summed E-state index contributed by atoms with van der Waals surface area (Å²) in [7, 11) is 0. The molecule has 0 aliphatic carbocycles. The van der Waals surface area contributed by atoms with E-state index in [1.807, 2.05) is 30.3 Å². The SMILES string of the molecule is Cl.NC(CO)(CO)CCc1ccccc1. The fourth-order valence-electron chi connectivity index (χ4n) is 1.25. The van der Waals surface area contributed by atoms with Gasteiger partial charge < -0.3 is 15.9 Å². The highest BCUT2D eigenvalue weighted by molar-refractivity contribution is 5.85.